The van der Waals surface area contributed by atoms with Gasteiger partial charge >= 0.3 is 0 Å². The molecule has 9 heteroatoms. The molecule has 0 bridgehead atoms. The van der Waals surface area contributed by atoms with Crippen LogP contribution >= 0.6 is 11.3 Å². The number of anilines is 2. The number of aromatic nitrogens is 4. The Balaban J connectivity index is 1.35. The topological polar surface area (TPSA) is 94.0 Å². The van der Waals surface area contributed by atoms with Gasteiger partial charge in [-0.25, -0.2) is 4.98 Å². The van der Waals surface area contributed by atoms with Crippen molar-refractivity contribution in [2.24, 2.45) is 0 Å². The third kappa shape index (κ3) is 3.67. The van der Waals surface area contributed by atoms with Crippen molar-refractivity contribution in [3.8, 4) is 5.75 Å². The highest BCUT2D eigenvalue weighted by Crippen LogP contribution is 2.35. The molecule has 1 aromatic carbocycles. The number of amides is 1. The van der Waals surface area contributed by atoms with Crippen LogP contribution in [0.25, 0.3) is 0 Å². The van der Waals surface area contributed by atoms with Crippen LogP contribution in [-0.4, -0.2) is 32.8 Å². The molecule has 0 saturated heterocycles. The van der Waals surface area contributed by atoms with E-state index in [9.17, 15) is 4.79 Å². The summed E-state index contributed by atoms with van der Waals surface area (Å²) in [5, 5.41) is 16.4. The molecule has 1 fully saturated rings. The maximum absolute atomic E-state index is 12.3. The molecule has 26 heavy (non-hydrogen) atoms. The van der Waals surface area contributed by atoms with Gasteiger partial charge in [0.1, 0.15) is 17.8 Å². The fourth-order valence-corrected chi connectivity index (χ4v) is 3.24. The molecule has 1 saturated carbocycles. The summed E-state index contributed by atoms with van der Waals surface area (Å²) in [6.07, 6.45) is 4.01. The maximum Gasteiger partial charge on any atom is 0.271 e. The standard InChI is InChI=1S/C17H18N6O2S/c1-25-13-6-2-11(3-7-13)20-17-21-14(9-26-17)16(24)18-8-15-22-19-10-23(15)12-4-5-12/h2-3,6-7,9-10,12H,4-5,8H2,1H3,(H,18,24)(H,20,21). The normalized spacial score (nSPS) is 13.4. The highest BCUT2D eigenvalue weighted by Gasteiger charge is 2.26. The number of carbonyl (C=O) groups excluding carboxylic acids is 1. The summed E-state index contributed by atoms with van der Waals surface area (Å²) in [7, 11) is 1.63. The minimum Gasteiger partial charge on any atom is -0.497 e. The van der Waals surface area contributed by atoms with E-state index in [0.717, 1.165) is 30.1 Å². The van der Waals surface area contributed by atoms with E-state index < -0.39 is 0 Å². The Kier molecular flexibility index (Phi) is 4.53. The summed E-state index contributed by atoms with van der Waals surface area (Å²) in [4.78, 5) is 16.7. The first-order valence-electron chi connectivity index (χ1n) is 8.26. The second-order valence-corrected chi connectivity index (χ2v) is 6.82. The average Bonchev–Trinajstić information content (AvgIpc) is 3.22. The number of carbonyl (C=O) groups is 1. The van der Waals surface area contributed by atoms with Gasteiger partial charge in [0.2, 0.25) is 0 Å². The van der Waals surface area contributed by atoms with Gasteiger partial charge in [-0.1, -0.05) is 0 Å². The zero-order valence-electron chi connectivity index (χ0n) is 14.2. The molecular weight excluding hydrogens is 352 g/mol. The molecule has 8 nitrogen and oxygen atoms in total. The number of rotatable bonds is 7. The molecule has 2 heterocycles. The second kappa shape index (κ2) is 7.12. The molecule has 1 amide bonds. The smallest absolute Gasteiger partial charge is 0.271 e. The molecule has 0 unspecified atom stereocenters. The van der Waals surface area contributed by atoms with Crippen LogP contribution in [-0.2, 0) is 6.54 Å². The van der Waals surface area contributed by atoms with E-state index in [1.807, 2.05) is 28.8 Å². The first-order valence-corrected chi connectivity index (χ1v) is 9.14. The van der Waals surface area contributed by atoms with E-state index in [-0.39, 0.29) is 5.91 Å². The molecule has 3 aromatic rings. The summed E-state index contributed by atoms with van der Waals surface area (Å²) in [6.45, 7) is 0.341. The molecule has 4 rings (SSSR count). The molecule has 0 spiro atoms. The SMILES string of the molecule is COc1ccc(Nc2nc(C(=O)NCc3nncn3C3CC3)cs2)cc1. The van der Waals surface area contributed by atoms with E-state index in [2.05, 4.69) is 25.8 Å². The van der Waals surface area contributed by atoms with Gasteiger partial charge < -0.3 is 19.9 Å². The maximum atomic E-state index is 12.3. The van der Waals surface area contributed by atoms with Gasteiger partial charge in [0.15, 0.2) is 11.0 Å². The number of benzene rings is 1. The molecule has 0 atom stereocenters. The van der Waals surface area contributed by atoms with Crippen LogP contribution in [0.4, 0.5) is 10.8 Å². The van der Waals surface area contributed by atoms with Crippen LogP contribution in [0.15, 0.2) is 36.0 Å². The Morgan fingerprint density at radius 1 is 1.35 bits per heavy atom. The fraction of sp³-hybridized carbons (Fsp3) is 0.294. The van der Waals surface area contributed by atoms with Crippen molar-refractivity contribution in [3.05, 3.63) is 47.5 Å². The van der Waals surface area contributed by atoms with E-state index in [4.69, 9.17) is 4.74 Å². The molecule has 0 radical (unpaired) electrons. The predicted octanol–water partition coefficient (Wildman–Crippen LogP) is 2.75. The van der Waals surface area contributed by atoms with Gasteiger partial charge in [-0.15, -0.1) is 21.5 Å². The first-order chi connectivity index (χ1) is 12.7. The van der Waals surface area contributed by atoms with Crippen molar-refractivity contribution >= 4 is 28.1 Å². The van der Waals surface area contributed by atoms with E-state index >= 15 is 0 Å². The Morgan fingerprint density at radius 3 is 2.88 bits per heavy atom. The van der Waals surface area contributed by atoms with Crippen LogP contribution in [0.5, 0.6) is 5.75 Å². The second-order valence-electron chi connectivity index (χ2n) is 5.96. The number of thiazole rings is 1. The molecule has 134 valence electrons. The summed E-state index contributed by atoms with van der Waals surface area (Å²) in [5.74, 6) is 1.33. The van der Waals surface area contributed by atoms with Crippen molar-refractivity contribution in [2.75, 3.05) is 12.4 Å². The van der Waals surface area contributed by atoms with Gasteiger partial charge in [0.05, 0.1) is 13.7 Å². The quantitative estimate of drug-likeness (QED) is 0.664. The lowest BCUT2D eigenvalue weighted by atomic mass is 10.3. The number of ether oxygens (including phenoxy) is 1. The molecule has 1 aliphatic rings. The van der Waals surface area contributed by atoms with Crippen LogP contribution in [0, 0.1) is 0 Å². The Bertz CT molecular complexity index is 900. The van der Waals surface area contributed by atoms with Gasteiger partial charge in [-0.2, -0.15) is 0 Å². The average molecular weight is 370 g/mol. The fourth-order valence-electron chi connectivity index (χ4n) is 2.53. The first kappa shape index (κ1) is 16.5. The molecule has 0 aliphatic heterocycles. The Labute approximate surface area is 154 Å². The number of hydrogen-bond donors (Lipinski definition) is 2. The predicted molar refractivity (Wildman–Crippen MR) is 97.9 cm³/mol. The summed E-state index contributed by atoms with van der Waals surface area (Å²) >= 11 is 1.38. The minimum absolute atomic E-state index is 0.227. The molecule has 1 aliphatic carbocycles. The van der Waals surface area contributed by atoms with Gasteiger partial charge in [-0.05, 0) is 37.1 Å². The van der Waals surface area contributed by atoms with E-state index in [1.165, 1.54) is 11.3 Å². The molecular formula is C17H18N6O2S. The zero-order chi connectivity index (χ0) is 17.9. The van der Waals surface area contributed by atoms with Crippen molar-refractivity contribution in [1.29, 1.82) is 0 Å². The van der Waals surface area contributed by atoms with Crippen molar-refractivity contribution in [1.82, 2.24) is 25.1 Å². The number of nitrogens with one attached hydrogen (secondary N) is 2. The van der Waals surface area contributed by atoms with Gasteiger partial charge in [0.25, 0.3) is 5.91 Å². The van der Waals surface area contributed by atoms with Crippen LogP contribution in [0.2, 0.25) is 0 Å². The monoisotopic (exact) mass is 370 g/mol. The van der Waals surface area contributed by atoms with Crippen LogP contribution in [0.1, 0.15) is 35.2 Å². The largest absolute Gasteiger partial charge is 0.497 e. The van der Waals surface area contributed by atoms with Gasteiger partial charge in [-0.3, -0.25) is 4.79 Å². The van der Waals surface area contributed by atoms with E-state index in [1.54, 1.807) is 18.8 Å². The number of methoxy groups -OCH3 is 1. The third-order valence-corrected chi connectivity index (χ3v) is 4.83. The van der Waals surface area contributed by atoms with E-state index in [0.29, 0.717) is 23.4 Å². The number of hydrogen-bond acceptors (Lipinski definition) is 7. The lowest BCUT2D eigenvalue weighted by Gasteiger charge is -2.05. The van der Waals surface area contributed by atoms with Gasteiger partial charge in [0, 0.05) is 17.1 Å². The highest BCUT2D eigenvalue weighted by molar-refractivity contribution is 7.14. The summed E-state index contributed by atoms with van der Waals surface area (Å²) in [6, 6.07) is 7.99. The lowest BCUT2D eigenvalue weighted by molar-refractivity contribution is 0.0945. The lowest BCUT2D eigenvalue weighted by Crippen LogP contribution is -2.25. The number of nitrogens with zero attached hydrogens (tertiary/aromatic N) is 4. The van der Waals surface area contributed by atoms with Crippen LogP contribution in [0.3, 0.4) is 0 Å². The minimum atomic E-state index is -0.227. The third-order valence-electron chi connectivity index (χ3n) is 4.07. The zero-order valence-corrected chi connectivity index (χ0v) is 15.0. The van der Waals surface area contributed by atoms with Crippen molar-refractivity contribution < 1.29 is 9.53 Å². The summed E-state index contributed by atoms with van der Waals surface area (Å²) < 4.78 is 7.16. The Hall–Kier alpha value is -2.94. The summed E-state index contributed by atoms with van der Waals surface area (Å²) in [5.41, 5.74) is 1.26. The van der Waals surface area contributed by atoms with Crippen molar-refractivity contribution in [3.63, 3.8) is 0 Å². The highest BCUT2D eigenvalue weighted by atomic mass is 32.1. The molecule has 2 N–H and O–H groups in total. The van der Waals surface area contributed by atoms with Crippen LogP contribution < -0.4 is 15.4 Å². The Morgan fingerprint density at radius 2 is 2.15 bits per heavy atom. The van der Waals surface area contributed by atoms with Crippen molar-refractivity contribution in [2.45, 2.75) is 25.4 Å². The molecule has 2 aromatic heterocycles.